The lowest BCUT2D eigenvalue weighted by Crippen LogP contribution is -2.29. The number of rotatable bonds is 3. The molecule has 0 spiro atoms. The lowest BCUT2D eigenvalue weighted by Gasteiger charge is -2.15. The maximum Gasteiger partial charge on any atom is 0.266 e. The molecule has 0 atom stereocenters. The molecule has 3 aromatic rings. The Balaban J connectivity index is 1.61. The van der Waals surface area contributed by atoms with Crippen LogP contribution in [0.15, 0.2) is 77.3 Å². The van der Waals surface area contributed by atoms with E-state index in [0.29, 0.717) is 28.1 Å². The summed E-state index contributed by atoms with van der Waals surface area (Å²) in [6, 6.07) is 20.4. The van der Waals surface area contributed by atoms with Crippen LogP contribution < -0.4 is 10.2 Å². The predicted octanol–water partition coefficient (Wildman–Crippen LogP) is 4.50. The lowest BCUT2D eigenvalue weighted by atomic mass is 10.1. The number of carbonyl (C=O) groups excluding carboxylic acids is 3. The second-order valence-corrected chi connectivity index (χ2v) is 6.92. The molecular formula is C21H13BrN2O3. The van der Waals surface area contributed by atoms with Gasteiger partial charge in [0, 0.05) is 15.7 Å². The Hall–Kier alpha value is -3.25. The largest absolute Gasteiger partial charge is 0.322 e. The van der Waals surface area contributed by atoms with Crippen LogP contribution in [-0.4, -0.2) is 17.7 Å². The van der Waals surface area contributed by atoms with Gasteiger partial charge in [-0.3, -0.25) is 14.4 Å². The van der Waals surface area contributed by atoms with Crippen LogP contribution >= 0.6 is 15.9 Å². The van der Waals surface area contributed by atoms with E-state index in [-0.39, 0.29) is 17.7 Å². The molecule has 0 bridgehead atoms. The molecule has 132 valence electrons. The minimum Gasteiger partial charge on any atom is -0.322 e. The maximum absolute atomic E-state index is 12.6. The van der Waals surface area contributed by atoms with E-state index in [2.05, 4.69) is 21.2 Å². The van der Waals surface area contributed by atoms with Gasteiger partial charge in [-0.15, -0.1) is 0 Å². The first-order valence-electron chi connectivity index (χ1n) is 8.19. The number of fused-ring (bicyclic) bond motifs is 1. The number of anilines is 2. The van der Waals surface area contributed by atoms with E-state index >= 15 is 0 Å². The quantitative estimate of drug-likeness (QED) is 0.634. The van der Waals surface area contributed by atoms with Crippen molar-refractivity contribution in [3.05, 3.63) is 94.0 Å². The molecule has 3 aromatic carbocycles. The Morgan fingerprint density at radius 1 is 0.815 bits per heavy atom. The second-order valence-electron chi connectivity index (χ2n) is 6.01. The molecule has 1 aliphatic rings. The van der Waals surface area contributed by atoms with Gasteiger partial charge in [-0.2, -0.15) is 0 Å². The van der Waals surface area contributed by atoms with Gasteiger partial charge >= 0.3 is 0 Å². The van der Waals surface area contributed by atoms with Crippen molar-refractivity contribution in [3.63, 3.8) is 0 Å². The van der Waals surface area contributed by atoms with E-state index in [4.69, 9.17) is 0 Å². The number of hydrogen-bond donors (Lipinski definition) is 1. The van der Waals surface area contributed by atoms with E-state index < -0.39 is 0 Å². The average Bonchev–Trinajstić information content (AvgIpc) is 2.93. The summed E-state index contributed by atoms with van der Waals surface area (Å²) in [5, 5.41) is 2.79. The topological polar surface area (TPSA) is 66.5 Å². The molecule has 3 amide bonds. The number of hydrogen-bond acceptors (Lipinski definition) is 3. The Bertz CT molecular complexity index is 1060. The molecule has 0 saturated heterocycles. The Morgan fingerprint density at radius 3 is 2.15 bits per heavy atom. The normalized spacial score (nSPS) is 12.9. The molecule has 6 heteroatoms. The van der Waals surface area contributed by atoms with Crippen molar-refractivity contribution in [2.24, 2.45) is 0 Å². The van der Waals surface area contributed by atoms with Gasteiger partial charge in [0.1, 0.15) is 0 Å². The van der Waals surface area contributed by atoms with Crippen molar-refractivity contribution in [2.45, 2.75) is 0 Å². The van der Waals surface area contributed by atoms with Crippen LogP contribution in [-0.2, 0) is 0 Å². The molecule has 4 rings (SSSR count). The van der Waals surface area contributed by atoms with Gasteiger partial charge in [-0.05, 0) is 48.5 Å². The summed E-state index contributed by atoms with van der Waals surface area (Å²) < 4.78 is 0.801. The predicted molar refractivity (Wildman–Crippen MR) is 106 cm³/mol. The van der Waals surface area contributed by atoms with Crippen LogP contribution in [0.25, 0.3) is 0 Å². The molecule has 0 radical (unpaired) electrons. The smallest absolute Gasteiger partial charge is 0.266 e. The third-order valence-electron chi connectivity index (χ3n) is 4.24. The summed E-state index contributed by atoms with van der Waals surface area (Å²) >= 11 is 3.34. The fraction of sp³-hybridized carbons (Fsp3) is 0. The van der Waals surface area contributed by atoms with Crippen LogP contribution in [0, 0.1) is 0 Å². The Labute approximate surface area is 163 Å². The van der Waals surface area contributed by atoms with E-state index in [0.717, 1.165) is 9.37 Å². The van der Waals surface area contributed by atoms with Crippen molar-refractivity contribution in [1.29, 1.82) is 0 Å². The van der Waals surface area contributed by atoms with Crippen LogP contribution in [0.1, 0.15) is 31.1 Å². The van der Waals surface area contributed by atoms with Crippen molar-refractivity contribution in [2.75, 3.05) is 10.2 Å². The van der Waals surface area contributed by atoms with Gasteiger partial charge in [0.25, 0.3) is 17.7 Å². The number of amides is 3. The van der Waals surface area contributed by atoms with Gasteiger partial charge in [0.15, 0.2) is 0 Å². The third-order valence-corrected chi connectivity index (χ3v) is 4.74. The summed E-state index contributed by atoms with van der Waals surface area (Å²) in [5.74, 6) is -1.02. The second kappa shape index (κ2) is 6.81. The highest BCUT2D eigenvalue weighted by Gasteiger charge is 2.36. The minimum atomic E-state index is -0.369. The molecular weight excluding hydrogens is 408 g/mol. The molecule has 0 fully saturated rings. The van der Waals surface area contributed by atoms with Crippen LogP contribution in [0.4, 0.5) is 11.4 Å². The fourth-order valence-electron chi connectivity index (χ4n) is 2.98. The summed E-state index contributed by atoms with van der Waals surface area (Å²) in [5.41, 5.74) is 2.16. The minimum absolute atomic E-state index is 0.282. The SMILES string of the molecule is O=C(Nc1cccc(N2C(=O)c3ccccc3C2=O)c1)c1cccc(Br)c1. The van der Waals surface area contributed by atoms with Gasteiger partial charge in [-0.25, -0.2) is 4.90 Å². The monoisotopic (exact) mass is 420 g/mol. The van der Waals surface area contributed by atoms with Gasteiger partial charge in [0.05, 0.1) is 16.8 Å². The summed E-state index contributed by atoms with van der Waals surface area (Å²) in [7, 11) is 0. The number of carbonyl (C=O) groups is 3. The third kappa shape index (κ3) is 3.15. The number of nitrogens with one attached hydrogen (secondary N) is 1. The first kappa shape index (κ1) is 17.2. The molecule has 1 aliphatic heterocycles. The number of halogens is 1. The van der Waals surface area contributed by atoms with Gasteiger partial charge in [0.2, 0.25) is 0 Å². The lowest BCUT2D eigenvalue weighted by molar-refractivity contribution is 0.0925. The zero-order valence-electron chi connectivity index (χ0n) is 14.0. The highest BCUT2D eigenvalue weighted by atomic mass is 79.9. The highest BCUT2D eigenvalue weighted by Crippen LogP contribution is 2.29. The number of benzene rings is 3. The molecule has 27 heavy (non-hydrogen) atoms. The van der Waals surface area contributed by atoms with Crippen LogP contribution in [0.2, 0.25) is 0 Å². The molecule has 0 aromatic heterocycles. The zero-order chi connectivity index (χ0) is 19.0. The van der Waals surface area contributed by atoms with Crippen LogP contribution in [0.3, 0.4) is 0 Å². The van der Waals surface area contributed by atoms with E-state index in [1.54, 1.807) is 66.7 Å². The van der Waals surface area contributed by atoms with Crippen molar-refractivity contribution in [1.82, 2.24) is 0 Å². The number of imide groups is 1. The van der Waals surface area contributed by atoms with Crippen molar-refractivity contribution >= 4 is 45.0 Å². The molecule has 1 N–H and O–H groups in total. The first-order valence-corrected chi connectivity index (χ1v) is 8.99. The van der Waals surface area contributed by atoms with Crippen LogP contribution in [0.5, 0.6) is 0 Å². The highest BCUT2D eigenvalue weighted by molar-refractivity contribution is 9.10. The fourth-order valence-corrected chi connectivity index (χ4v) is 3.38. The van der Waals surface area contributed by atoms with E-state index in [1.807, 2.05) is 6.07 Å². The molecule has 5 nitrogen and oxygen atoms in total. The molecule has 1 heterocycles. The molecule has 0 saturated carbocycles. The summed E-state index contributed by atoms with van der Waals surface area (Å²) in [4.78, 5) is 38.8. The zero-order valence-corrected chi connectivity index (χ0v) is 15.6. The van der Waals surface area contributed by atoms with Gasteiger partial charge in [-0.1, -0.05) is 40.2 Å². The Morgan fingerprint density at radius 2 is 1.48 bits per heavy atom. The molecule has 0 unspecified atom stereocenters. The Kier molecular flexibility index (Phi) is 4.33. The summed E-state index contributed by atoms with van der Waals surface area (Å²) in [6.07, 6.45) is 0. The maximum atomic E-state index is 12.6. The number of nitrogens with zero attached hydrogens (tertiary/aromatic N) is 1. The van der Waals surface area contributed by atoms with E-state index in [1.165, 1.54) is 0 Å². The molecule has 0 aliphatic carbocycles. The standard InChI is InChI=1S/C21H13BrN2O3/c22-14-6-3-5-13(11-14)19(25)23-15-7-4-8-16(12-15)24-20(26)17-9-1-2-10-18(17)21(24)27/h1-12H,(H,23,25). The van der Waals surface area contributed by atoms with Gasteiger partial charge < -0.3 is 5.32 Å². The van der Waals surface area contributed by atoms with E-state index in [9.17, 15) is 14.4 Å². The van der Waals surface area contributed by atoms with Crippen molar-refractivity contribution < 1.29 is 14.4 Å². The summed E-state index contributed by atoms with van der Waals surface area (Å²) in [6.45, 7) is 0. The average molecular weight is 421 g/mol. The first-order chi connectivity index (χ1) is 13.0. The van der Waals surface area contributed by atoms with Crippen molar-refractivity contribution in [3.8, 4) is 0 Å².